The first-order chi connectivity index (χ1) is 9.01. The number of rotatable bonds is 7. The van der Waals surface area contributed by atoms with E-state index in [0.717, 1.165) is 0 Å². The second kappa shape index (κ2) is 6.60. The topological polar surface area (TPSA) is 105 Å². The SMILES string of the molecule is COc1cccc(C(NCC(=O)O)C(=O)O)c1OC. The average molecular weight is 269 g/mol. The molecular weight excluding hydrogens is 254 g/mol. The van der Waals surface area contributed by atoms with Crippen molar-refractivity contribution in [1.82, 2.24) is 5.32 Å². The Labute approximate surface area is 109 Å². The van der Waals surface area contributed by atoms with Gasteiger partial charge in [-0.3, -0.25) is 14.9 Å². The quantitative estimate of drug-likeness (QED) is 0.662. The van der Waals surface area contributed by atoms with Gasteiger partial charge in [-0.1, -0.05) is 12.1 Å². The molecule has 0 bridgehead atoms. The van der Waals surface area contributed by atoms with Crippen molar-refractivity contribution in [2.24, 2.45) is 0 Å². The molecule has 0 heterocycles. The highest BCUT2D eigenvalue weighted by molar-refractivity contribution is 5.78. The highest BCUT2D eigenvalue weighted by Crippen LogP contribution is 2.34. The smallest absolute Gasteiger partial charge is 0.325 e. The fourth-order valence-electron chi connectivity index (χ4n) is 1.66. The number of benzene rings is 1. The fraction of sp³-hybridized carbons (Fsp3) is 0.333. The van der Waals surface area contributed by atoms with E-state index in [-0.39, 0.29) is 5.75 Å². The van der Waals surface area contributed by atoms with Crippen LogP contribution in [0, 0.1) is 0 Å². The third-order valence-electron chi connectivity index (χ3n) is 2.45. The Morgan fingerprint density at radius 3 is 2.42 bits per heavy atom. The van der Waals surface area contributed by atoms with Crippen LogP contribution in [0.25, 0.3) is 0 Å². The Balaban J connectivity index is 3.14. The second-order valence-electron chi connectivity index (χ2n) is 3.63. The summed E-state index contributed by atoms with van der Waals surface area (Å²) in [6.45, 7) is -0.475. The van der Waals surface area contributed by atoms with Gasteiger partial charge in [0.15, 0.2) is 11.5 Å². The van der Waals surface area contributed by atoms with Crippen molar-refractivity contribution in [1.29, 1.82) is 0 Å². The van der Waals surface area contributed by atoms with Crippen molar-refractivity contribution in [3.8, 4) is 11.5 Å². The zero-order chi connectivity index (χ0) is 14.4. The molecule has 0 amide bonds. The van der Waals surface area contributed by atoms with Crippen molar-refractivity contribution in [3.63, 3.8) is 0 Å². The number of carboxylic acids is 2. The van der Waals surface area contributed by atoms with Crippen LogP contribution in [-0.4, -0.2) is 42.9 Å². The third-order valence-corrected chi connectivity index (χ3v) is 2.45. The summed E-state index contributed by atoms with van der Waals surface area (Å²) >= 11 is 0. The molecular formula is C12H15NO6. The number of para-hydroxylation sites is 1. The molecule has 1 aromatic rings. The maximum atomic E-state index is 11.2. The number of hydrogen-bond acceptors (Lipinski definition) is 5. The van der Waals surface area contributed by atoms with Crippen LogP contribution in [0.2, 0.25) is 0 Å². The van der Waals surface area contributed by atoms with Gasteiger partial charge in [-0.2, -0.15) is 0 Å². The van der Waals surface area contributed by atoms with Gasteiger partial charge in [0.2, 0.25) is 0 Å². The molecule has 0 radical (unpaired) electrons. The zero-order valence-electron chi connectivity index (χ0n) is 10.5. The van der Waals surface area contributed by atoms with E-state index in [4.69, 9.17) is 14.6 Å². The molecule has 0 fully saturated rings. The summed E-state index contributed by atoms with van der Waals surface area (Å²) in [4.78, 5) is 21.8. The van der Waals surface area contributed by atoms with Gasteiger partial charge in [0.05, 0.1) is 20.8 Å². The predicted octanol–water partition coefficient (Wildman–Crippen LogP) is 0.504. The number of carbonyl (C=O) groups is 2. The highest BCUT2D eigenvalue weighted by Gasteiger charge is 2.25. The summed E-state index contributed by atoms with van der Waals surface area (Å²) in [6, 6.07) is 3.57. The Morgan fingerprint density at radius 1 is 1.26 bits per heavy atom. The van der Waals surface area contributed by atoms with Crippen molar-refractivity contribution < 1.29 is 29.3 Å². The number of ether oxygens (including phenoxy) is 2. The summed E-state index contributed by atoms with van der Waals surface area (Å²) in [6.07, 6.45) is 0. The van der Waals surface area contributed by atoms with Gasteiger partial charge in [0, 0.05) is 5.56 Å². The lowest BCUT2D eigenvalue weighted by atomic mass is 10.0. The van der Waals surface area contributed by atoms with Crippen LogP contribution in [0.5, 0.6) is 11.5 Å². The number of aliphatic carboxylic acids is 2. The van der Waals surface area contributed by atoms with E-state index in [9.17, 15) is 14.7 Å². The molecule has 0 aliphatic heterocycles. The summed E-state index contributed by atoms with van der Waals surface area (Å²) in [5.74, 6) is -1.71. The lowest BCUT2D eigenvalue weighted by molar-refractivity contribution is -0.140. The second-order valence-corrected chi connectivity index (χ2v) is 3.63. The van der Waals surface area contributed by atoms with Gasteiger partial charge in [0.1, 0.15) is 6.04 Å². The zero-order valence-corrected chi connectivity index (χ0v) is 10.5. The molecule has 0 spiro atoms. The Morgan fingerprint density at radius 2 is 1.95 bits per heavy atom. The lowest BCUT2D eigenvalue weighted by Gasteiger charge is -2.18. The van der Waals surface area contributed by atoms with E-state index in [2.05, 4.69) is 5.32 Å². The molecule has 19 heavy (non-hydrogen) atoms. The van der Waals surface area contributed by atoms with Crippen LogP contribution < -0.4 is 14.8 Å². The molecule has 0 aliphatic rings. The van der Waals surface area contributed by atoms with Crippen molar-refractivity contribution in [3.05, 3.63) is 23.8 Å². The number of hydrogen-bond donors (Lipinski definition) is 3. The van der Waals surface area contributed by atoms with Gasteiger partial charge in [-0.25, -0.2) is 0 Å². The summed E-state index contributed by atoms with van der Waals surface area (Å²) < 4.78 is 10.2. The predicted molar refractivity (Wildman–Crippen MR) is 65.6 cm³/mol. The average Bonchev–Trinajstić information content (AvgIpc) is 2.37. The normalized spacial score (nSPS) is 11.7. The number of methoxy groups -OCH3 is 2. The molecule has 1 rings (SSSR count). The van der Waals surface area contributed by atoms with Crippen LogP contribution in [0.4, 0.5) is 0 Å². The molecule has 0 saturated carbocycles. The van der Waals surface area contributed by atoms with Crippen LogP contribution in [0.1, 0.15) is 11.6 Å². The Hall–Kier alpha value is -2.28. The Kier molecular flexibility index (Phi) is 5.13. The van der Waals surface area contributed by atoms with E-state index in [1.807, 2.05) is 0 Å². The van der Waals surface area contributed by atoms with E-state index in [1.54, 1.807) is 12.1 Å². The van der Waals surface area contributed by atoms with E-state index >= 15 is 0 Å². The largest absolute Gasteiger partial charge is 0.493 e. The van der Waals surface area contributed by atoms with Gasteiger partial charge >= 0.3 is 11.9 Å². The molecule has 1 unspecified atom stereocenters. The number of nitrogens with one attached hydrogen (secondary N) is 1. The minimum Gasteiger partial charge on any atom is -0.493 e. The van der Waals surface area contributed by atoms with E-state index in [1.165, 1.54) is 20.3 Å². The van der Waals surface area contributed by atoms with Crippen molar-refractivity contribution >= 4 is 11.9 Å². The van der Waals surface area contributed by atoms with Gasteiger partial charge in [0.25, 0.3) is 0 Å². The fourth-order valence-corrected chi connectivity index (χ4v) is 1.66. The molecule has 0 aliphatic carbocycles. The third kappa shape index (κ3) is 3.59. The first kappa shape index (κ1) is 14.8. The van der Waals surface area contributed by atoms with Crippen molar-refractivity contribution in [2.45, 2.75) is 6.04 Å². The van der Waals surface area contributed by atoms with Gasteiger partial charge in [-0.05, 0) is 6.07 Å². The molecule has 7 nitrogen and oxygen atoms in total. The molecule has 104 valence electrons. The van der Waals surface area contributed by atoms with Crippen LogP contribution in [0.15, 0.2) is 18.2 Å². The first-order valence-electron chi connectivity index (χ1n) is 5.40. The minimum atomic E-state index is -1.20. The lowest BCUT2D eigenvalue weighted by Crippen LogP contribution is -2.33. The van der Waals surface area contributed by atoms with E-state index < -0.39 is 24.5 Å². The van der Waals surface area contributed by atoms with Crippen molar-refractivity contribution in [2.75, 3.05) is 20.8 Å². The molecule has 3 N–H and O–H groups in total. The standard InChI is InChI=1S/C12H15NO6/c1-18-8-5-3-4-7(11(8)19-2)10(12(16)17)13-6-9(14)15/h3-5,10,13H,6H2,1-2H3,(H,14,15)(H,16,17). The molecule has 1 atom stereocenters. The molecule has 0 aromatic heterocycles. The van der Waals surface area contributed by atoms with E-state index in [0.29, 0.717) is 11.3 Å². The highest BCUT2D eigenvalue weighted by atomic mass is 16.5. The Bertz CT molecular complexity index is 473. The number of carboxylic acid groups (broad SMARTS) is 2. The molecule has 0 saturated heterocycles. The van der Waals surface area contributed by atoms with Gasteiger partial charge < -0.3 is 19.7 Å². The van der Waals surface area contributed by atoms with Crippen LogP contribution in [-0.2, 0) is 9.59 Å². The summed E-state index contributed by atoms with van der Waals surface area (Å²) in [5.41, 5.74) is 0.301. The van der Waals surface area contributed by atoms with Gasteiger partial charge in [-0.15, -0.1) is 0 Å². The summed E-state index contributed by atoms with van der Waals surface area (Å²) in [5, 5.41) is 20.2. The molecule has 7 heteroatoms. The summed E-state index contributed by atoms with van der Waals surface area (Å²) in [7, 11) is 2.82. The monoisotopic (exact) mass is 269 g/mol. The van der Waals surface area contributed by atoms with Crippen LogP contribution in [0.3, 0.4) is 0 Å². The maximum absolute atomic E-state index is 11.2. The minimum absolute atomic E-state index is 0.260. The maximum Gasteiger partial charge on any atom is 0.325 e. The van der Waals surface area contributed by atoms with Crippen LogP contribution >= 0.6 is 0 Å². The molecule has 1 aromatic carbocycles. The first-order valence-corrected chi connectivity index (χ1v) is 5.40.